The topological polar surface area (TPSA) is 65.9 Å². The Labute approximate surface area is 123 Å². The molecule has 0 radical (unpaired) electrons. The van der Waals surface area contributed by atoms with Crippen molar-refractivity contribution in [1.29, 1.82) is 5.26 Å². The Morgan fingerprint density at radius 2 is 2.00 bits per heavy atom. The largest absolute Gasteiger partial charge is 0.398 e. The number of anilines is 3. The number of aromatic nitrogens is 1. The molecule has 0 saturated heterocycles. The quantitative estimate of drug-likeness (QED) is 0.727. The van der Waals surface area contributed by atoms with E-state index in [0.29, 0.717) is 11.3 Å². The molecule has 0 spiro atoms. The lowest BCUT2D eigenvalue weighted by Gasteiger charge is -2.21. The number of hydrogen-bond acceptors (Lipinski definition) is 4. The van der Waals surface area contributed by atoms with Crippen LogP contribution in [-0.2, 0) is 0 Å². The number of rotatable bonds is 2. The Morgan fingerprint density at radius 1 is 1.14 bits per heavy atom. The Hall–Kier alpha value is -3.06. The maximum atomic E-state index is 9.03. The maximum absolute atomic E-state index is 9.03. The van der Waals surface area contributed by atoms with Gasteiger partial charge in [0.25, 0.3) is 0 Å². The first-order valence-corrected chi connectivity index (χ1v) is 6.58. The van der Waals surface area contributed by atoms with Crippen LogP contribution in [0.2, 0.25) is 0 Å². The molecule has 0 saturated carbocycles. The third kappa shape index (κ3) is 2.26. The van der Waals surface area contributed by atoms with E-state index in [9.17, 15) is 0 Å². The molecule has 4 nitrogen and oxygen atoms in total. The fourth-order valence-electron chi connectivity index (χ4n) is 2.37. The normalized spacial score (nSPS) is 10.3. The third-order valence-corrected chi connectivity index (χ3v) is 3.51. The van der Waals surface area contributed by atoms with Gasteiger partial charge in [0, 0.05) is 30.0 Å². The van der Waals surface area contributed by atoms with E-state index in [4.69, 9.17) is 11.0 Å². The van der Waals surface area contributed by atoms with Gasteiger partial charge in [-0.3, -0.25) is 4.98 Å². The van der Waals surface area contributed by atoms with Crippen molar-refractivity contribution in [2.45, 2.75) is 0 Å². The van der Waals surface area contributed by atoms with Gasteiger partial charge in [-0.15, -0.1) is 0 Å². The van der Waals surface area contributed by atoms with E-state index in [2.05, 4.69) is 11.1 Å². The van der Waals surface area contributed by atoms with Crippen molar-refractivity contribution in [3.05, 3.63) is 60.3 Å². The average Bonchev–Trinajstić information content (AvgIpc) is 2.55. The van der Waals surface area contributed by atoms with Gasteiger partial charge < -0.3 is 10.6 Å². The fourth-order valence-corrected chi connectivity index (χ4v) is 2.37. The van der Waals surface area contributed by atoms with Gasteiger partial charge in [0.05, 0.1) is 22.8 Å². The molecule has 3 aromatic rings. The van der Waals surface area contributed by atoms with E-state index in [-0.39, 0.29) is 0 Å². The second-order valence-electron chi connectivity index (χ2n) is 4.79. The van der Waals surface area contributed by atoms with E-state index in [1.165, 1.54) is 0 Å². The zero-order chi connectivity index (χ0) is 14.8. The van der Waals surface area contributed by atoms with E-state index >= 15 is 0 Å². The average molecular weight is 274 g/mol. The highest BCUT2D eigenvalue weighted by atomic mass is 15.1. The molecule has 0 bridgehead atoms. The van der Waals surface area contributed by atoms with E-state index in [0.717, 1.165) is 22.3 Å². The first-order valence-electron chi connectivity index (χ1n) is 6.58. The summed E-state index contributed by atoms with van der Waals surface area (Å²) in [6.07, 6.45) is 1.75. The van der Waals surface area contributed by atoms with Gasteiger partial charge in [0.1, 0.15) is 0 Å². The Kier molecular flexibility index (Phi) is 3.17. The number of nitrogens with two attached hydrogens (primary N) is 1. The van der Waals surface area contributed by atoms with Crippen LogP contribution in [0.1, 0.15) is 5.56 Å². The number of nitrogens with zero attached hydrogens (tertiary/aromatic N) is 3. The van der Waals surface area contributed by atoms with Gasteiger partial charge in [-0.05, 0) is 42.5 Å². The first kappa shape index (κ1) is 12.9. The van der Waals surface area contributed by atoms with Crippen LogP contribution in [0.25, 0.3) is 10.9 Å². The number of benzene rings is 2. The molecule has 4 heteroatoms. The zero-order valence-electron chi connectivity index (χ0n) is 11.6. The molecule has 0 aliphatic heterocycles. The van der Waals surface area contributed by atoms with Gasteiger partial charge in [-0.25, -0.2) is 0 Å². The van der Waals surface area contributed by atoms with Gasteiger partial charge in [-0.2, -0.15) is 5.26 Å². The summed E-state index contributed by atoms with van der Waals surface area (Å²) in [6.45, 7) is 0. The highest BCUT2D eigenvalue weighted by molar-refractivity contribution is 5.99. The molecule has 2 aromatic carbocycles. The molecule has 0 aliphatic rings. The van der Waals surface area contributed by atoms with Crippen molar-refractivity contribution < 1.29 is 0 Å². The smallest absolute Gasteiger partial charge is 0.0992 e. The standard InChI is InChI=1S/C17H14N4/c1-21(13-5-2-4-12(10-13)11-18)16-8-7-15(19)14-6-3-9-20-17(14)16/h2-10H,19H2,1H3. The molecule has 3 rings (SSSR count). The molecule has 21 heavy (non-hydrogen) atoms. The lowest BCUT2D eigenvalue weighted by atomic mass is 10.1. The van der Waals surface area contributed by atoms with Crippen LogP contribution in [0, 0.1) is 11.3 Å². The Balaban J connectivity index is 2.16. The summed E-state index contributed by atoms with van der Waals surface area (Å²) in [4.78, 5) is 6.45. The summed E-state index contributed by atoms with van der Waals surface area (Å²) in [5.41, 5.74) is 10.1. The fraction of sp³-hybridized carbons (Fsp3) is 0.0588. The van der Waals surface area contributed by atoms with Crippen molar-refractivity contribution in [3.63, 3.8) is 0 Å². The number of hydrogen-bond donors (Lipinski definition) is 1. The van der Waals surface area contributed by atoms with Crippen molar-refractivity contribution in [1.82, 2.24) is 4.98 Å². The molecular formula is C17H14N4. The number of nitrogen functional groups attached to an aromatic ring is 1. The summed E-state index contributed by atoms with van der Waals surface area (Å²) >= 11 is 0. The van der Waals surface area contributed by atoms with Gasteiger partial charge in [0.15, 0.2) is 0 Å². The summed E-state index contributed by atoms with van der Waals surface area (Å²) < 4.78 is 0. The number of nitriles is 1. The number of fused-ring (bicyclic) bond motifs is 1. The van der Waals surface area contributed by atoms with Gasteiger partial charge in [-0.1, -0.05) is 6.07 Å². The molecule has 0 amide bonds. The van der Waals surface area contributed by atoms with Crippen LogP contribution >= 0.6 is 0 Å². The van der Waals surface area contributed by atoms with Crippen LogP contribution in [0.5, 0.6) is 0 Å². The number of pyridine rings is 1. The highest BCUT2D eigenvalue weighted by Gasteiger charge is 2.11. The molecule has 0 aliphatic carbocycles. The molecular weight excluding hydrogens is 260 g/mol. The van der Waals surface area contributed by atoms with Crippen molar-refractivity contribution in [2.75, 3.05) is 17.7 Å². The minimum atomic E-state index is 0.632. The van der Waals surface area contributed by atoms with Crippen molar-refractivity contribution >= 4 is 28.0 Å². The highest BCUT2D eigenvalue weighted by Crippen LogP contribution is 2.32. The molecule has 0 unspecified atom stereocenters. The molecule has 102 valence electrons. The second kappa shape index (κ2) is 5.14. The lowest BCUT2D eigenvalue weighted by molar-refractivity contribution is 1.21. The second-order valence-corrected chi connectivity index (χ2v) is 4.79. The van der Waals surface area contributed by atoms with E-state index < -0.39 is 0 Å². The van der Waals surface area contributed by atoms with Crippen molar-refractivity contribution in [3.8, 4) is 6.07 Å². The molecule has 1 heterocycles. The van der Waals surface area contributed by atoms with E-state index in [1.54, 1.807) is 12.3 Å². The monoisotopic (exact) mass is 274 g/mol. The minimum Gasteiger partial charge on any atom is -0.398 e. The molecule has 2 N–H and O–H groups in total. The Bertz CT molecular complexity index is 849. The summed E-state index contributed by atoms with van der Waals surface area (Å²) in [5, 5.41) is 9.95. The third-order valence-electron chi connectivity index (χ3n) is 3.51. The molecule has 0 fully saturated rings. The lowest BCUT2D eigenvalue weighted by Crippen LogP contribution is -2.10. The maximum Gasteiger partial charge on any atom is 0.0992 e. The van der Waals surface area contributed by atoms with Crippen LogP contribution in [-0.4, -0.2) is 12.0 Å². The SMILES string of the molecule is CN(c1cccc(C#N)c1)c1ccc(N)c2cccnc12. The first-order chi connectivity index (χ1) is 10.2. The molecule has 0 atom stereocenters. The van der Waals surface area contributed by atoms with Crippen LogP contribution in [0.3, 0.4) is 0 Å². The van der Waals surface area contributed by atoms with E-state index in [1.807, 2.05) is 54.4 Å². The summed E-state index contributed by atoms with van der Waals surface area (Å²) in [5.74, 6) is 0. The van der Waals surface area contributed by atoms with Crippen molar-refractivity contribution in [2.24, 2.45) is 0 Å². The van der Waals surface area contributed by atoms with Crippen LogP contribution in [0.4, 0.5) is 17.1 Å². The Morgan fingerprint density at radius 3 is 2.81 bits per heavy atom. The van der Waals surface area contributed by atoms with Crippen LogP contribution < -0.4 is 10.6 Å². The summed E-state index contributed by atoms with van der Waals surface area (Å²) in [6, 6.07) is 17.3. The van der Waals surface area contributed by atoms with Crippen LogP contribution in [0.15, 0.2) is 54.7 Å². The minimum absolute atomic E-state index is 0.632. The van der Waals surface area contributed by atoms with Gasteiger partial charge in [0.2, 0.25) is 0 Å². The van der Waals surface area contributed by atoms with Gasteiger partial charge >= 0.3 is 0 Å². The predicted octanol–water partition coefficient (Wildman–Crippen LogP) is 3.46. The predicted molar refractivity (Wildman–Crippen MR) is 85.4 cm³/mol. The summed E-state index contributed by atoms with van der Waals surface area (Å²) in [7, 11) is 1.95. The zero-order valence-corrected chi connectivity index (χ0v) is 11.6. The molecule has 1 aromatic heterocycles.